The number of nitrogens with zero attached hydrogens (tertiary/aromatic N) is 2. The molecule has 0 aliphatic carbocycles. The maximum Gasteiger partial charge on any atom is 0.323 e. The number of ketones is 1. The standard InChI is InChI=1S/C20H15F2N5O2/c21-12-2-1-3-14(6-12)26-20(29)27-15-5-11(4-13(22)7-15)18(28)16-9-24-19-17(16)8-23-10-25-19/h1-10,17,19,24H,(H2,26,27,29). The summed E-state index contributed by atoms with van der Waals surface area (Å²) in [5.41, 5.74) is 0.792. The Morgan fingerprint density at radius 2 is 1.79 bits per heavy atom. The maximum atomic E-state index is 14.1. The van der Waals surface area contributed by atoms with Crippen LogP contribution < -0.4 is 16.0 Å². The third-order valence-electron chi connectivity index (χ3n) is 4.41. The van der Waals surface area contributed by atoms with E-state index < -0.39 is 23.4 Å². The number of aliphatic imine (C=N–C) groups is 2. The second-order valence-electron chi connectivity index (χ2n) is 6.45. The molecular formula is C20H15F2N5O2. The Hall–Kier alpha value is -3.88. The van der Waals surface area contributed by atoms with Crippen LogP contribution in [0.2, 0.25) is 0 Å². The zero-order valence-corrected chi connectivity index (χ0v) is 14.9. The molecule has 29 heavy (non-hydrogen) atoms. The highest BCUT2D eigenvalue weighted by Crippen LogP contribution is 2.27. The highest BCUT2D eigenvalue weighted by Gasteiger charge is 2.33. The summed E-state index contributed by atoms with van der Waals surface area (Å²) in [5.74, 6) is -1.94. The van der Waals surface area contributed by atoms with Crippen molar-refractivity contribution in [3.05, 3.63) is 71.4 Å². The lowest BCUT2D eigenvalue weighted by molar-refractivity contribution is 0.102. The summed E-state index contributed by atoms with van der Waals surface area (Å²) in [7, 11) is 0. The first-order valence-corrected chi connectivity index (χ1v) is 8.69. The van der Waals surface area contributed by atoms with Gasteiger partial charge < -0.3 is 16.0 Å². The number of hydrogen-bond donors (Lipinski definition) is 3. The summed E-state index contributed by atoms with van der Waals surface area (Å²) in [6.45, 7) is 0. The second-order valence-corrected chi connectivity index (χ2v) is 6.45. The van der Waals surface area contributed by atoms with Crippen LogP contribution >= 0.6 is 0 Å². The molecule has 0 aromatic heterocycles. The van der Waals surface area contributed by atoms with E-state index in [-0.39, 0.29) is 29.0 Å². The molecule has 0 spiro atoms. The molecule has 2 aromatic carbocycles. The first kappa shape index (κ1) is 18.5. The Bertz CT molecular complexity index is 1080. The predicted molar refractivity (Wildman–Crippen MR) is 105 cm³/mol. The van der Waals surface area contributed by atoms with Crippen LogP contribution in [-0.2, 0) is 0 Å². The summed E-state index contributed by atoms with van der Waals surface area (Å²) >= 11 is 0. The molecule has 2 atom stereocenters. The summed E-state index contributed by atoms with van der Waals surface area (Å²) in [5, 5.41) is 7.86. The molecule has 2 heterocycles. The molecule has 3 N–H and O–H groups in total. The van der Waals surface area contributed by atoms with Gasteiger partial charge in [0.25, 0.3) is 0 Å². The molecule has 4 rings (SSSR count). The monoisotopic (exact) mass is 395 g/mol. The van der Waals surface area contributed by atoms with Gasteiger partial charge >= 0.3 is 6.03 Å². The number of amides is 2. The van der Waals surface area contributed by atoms with E-state index in [1.54, 1.807) is 12.4 Å². The van der Waals surface area contributed by atoms with Crippen LogP contribution in [0.5, 0.6) is 0 Å². The van der Waals surface area contributed by atoms with Crippen molar-refractivity contribution in [1.82, 2.24) is 5.32 Å². The summed E-state index contributed by atoms with van der Waals surface area (Å²) < 4.78 is 27.3. The van der Waals surface area contributed by atoms with Crippen molar-refractivity contribution >= 4 is 35.7 Å². The van der Waals surface area contributed by atoms with Gasteiger partial charge in [-0.3, -0.25) is 4.79 Å². The van der Waals surface area contributed by atoms with E-state index >= 15 is 0 Å². The van der Waals surface area contributed by atoms with E-state index in [9.17, 15) is 18.4 Å². The largest absolute Gasteiger partial charge is 0.369 e. The lowest BCUT2D eigenvalue weighted by Gasteiger charge is -2.16. The molecule has 0 saturated heterocycles. The number of anilines is 2. The number of carbonyl (C=O) groups is 2. The molecule has 2 aliphatic rings. The van der Waals surface area contributed by atoms with Crippen LogP contribution in [-0.4, -0.2) is 30.5 Å². The second kappa shape index (κ2) is 7.63. The average molecular weight is 395 g/mol. The zero-order valence-electron chi connectivity index (χ0n) is 14.9. The van der Waals surface area contributed by atoms with Crippen molar-refractivity contribution in [3.8, 4) is 0 Å². The number of rotatable bonds is 4. The molecular weight excluding hydrogens is 380 g/mol. The Morgan fingerprint density at radius 1 is 1.00 bits per heavy atom. The van der Waals surface area contributed by atoms with Crippen LogP contribution in [0.25, 0.3) is 0 Å². The fourth-order valence-electron chi connectivity index (χ4n) is 3.12. The Balaban J connectivity index is 1.50. The van der Waals surface area contributed by atoms with Gasteiger partial charge in [0.05, 0.1) is 5.92 Å². The number of Topliss-reactive ketones (excluding diaryl/α,β-unsaturated/α-hetero) is 1. The van der Waals surface area contributed by atoms with Gasteiger partial charge in [-0.15, -0.1) is 0 Å². The van der Waals surface area contributed by atoms with Gasteiger partial charge in [-0.2, -0.15) is 0 Å². The third kappa shape index (κ3) is 4.03. The minimum Gasteiger partial charge on any atom is -0.369 e. The van der Waals surface area contributed by atoms with Crippen molar-refractivity contribution in [2.45, 2.75) is 6.17 Å². The van der Waals surface area contributed by atoms with Crippen LogP contribution in [0.3, 0.4) is 0 Å². The number of nitrogens with one attached hydrogen (secondary N) is 3. The number of hydrogen-bond acceptors (Lipinski definition) is 5. The molecule has 0 fully saturated rings. The smallest absolute Gasteiger partial charge is 0.323 e. The minimum atomic E-state index is -0.699. The number of halogens is 2. The molecule has 9 heteroatoms. The van der Waals surface area contributed by atoms with Gasteiger partial charge in [0, 0.05) is 34.9 Å². The molecule has 2 amide bonds. The van der Waals surface area contributed by atoms with E-state index in [1.807, 2.05) is 0 Å². The Morgan fingerprint density at radius 3 is 2.62 bits per heavy atom. The number of benzene rings is 2. The highest BCUT2D eigenvalue weighted by molar-refractivity contribution is 6.12. The van der Waals surface area contributed by atoms with E-state index in [0.717, 1.165) is 18.2 Å². The summed E-state index contributed by atoms with van der Waals surface area (Å²) in [6.07, 6.45) is 4.24. The lowest BCUT2D eigenvalue weighted by Crippen LogP contribution is -2.29. The van der Waals surface area contributed by atoms with E-state index in [0.29, 0.717) is 5.57 Å². The van der Waals surface area contributed by atoms with Gasteiger partial charge in [0.1, 0.15) is 24.1 Å². The van der Waals surface area contributed by atoms with Crippen LogP contribution in [0, 0.1) is 17.6 Å². The van der Waals surface area contributed by atoms with Crippen LogP contribution in [0.4, 0.5) is 25.0 Å². The minimum absolute atomic E-state index is 0.0720. The van der Waals surface area contributed by atoms with Crippen LogP contribution in [0.15, 0.2) is 64.2 Å². The van der Waals surface area contributed by atoms with Crippen LogP contribution in [0.1, 0.15) is 10.4 Å². The fourth-order valence-corrected chi connectivity index (χ4v) is 3.12. The summed E-state index contributed by atoms with van der Waals surface area (Å²) in [6, 6.07) is 8.18. The van der Waals surface area contributed by atoms with Crippen molar-refractivity contribution in [1.29, 1.82) is 0 Å². The van der Waals surface area contributed by atoms with E-state index in [1.165, 1.54) is 30.6 Å². The Labute approximate surface area is 164 Å². The van der Waals surface area contributed by atoms with Gasteiger partial charge in [-0.25, -0.2) is 23.6 Å². The molecule has 7 nitrogen and oxygen atoms in total. The van der Waals surface area contributed by atoms with Crippen molar-refractivity contribution in [2.24, 2.45) is 15.9 Å². The Kier molecular flexibility index (Phi) is 4.86. The number of urea groups is 1. The summed E-state index contributed by atoms with van der Waals surface area (Å²) in [4.78, 5) is 33.1. The van der Waals surface area contributed by atoms with Gasteiger partial charge in [-0.05, 0) is 36.4 Å². The van der Waals surface area contributed by atoms with Gasteiger partial charge in [0.2, 0.25) is 0 Å². The molecule has 2 unspecified atom stereocenters. The molecule has 0 saturated carbocycles. The molecule has 0 bridgehead atoms. The lowest BCUT2D eigenvalue weighted by atomic mass is 9.93. The third-order valence-corrected chi connectivity index (χ3v) is 4.41. The van der Waals surface area contributed by atoms with Gasteiger partial charge in [-0.1, -0.05) is 6.07 Å². The molecule has 0 radical (unpaired) electrons. The maximum absolute atomic E-state index is 14.1. The predicted octanol–water partition coefficient (Wildman–Crippen LogP) is 3.33. The first-order valence-electron chi connectivity index (χ1n) is 8.69. The zero-order chi connectivity index (χ0) is 20.4. The quantitative estimate of drug-likeness (QED) is 0.693. The fraction of sp³-hybridized carbons (Fsp3) is 0.100. The molecule has 146 valence electrons. The molecule has 2 aliphatic heterocycles. The van der Waals surface area contributed by atoms with E-state index in [2.05, 4.69) is 25.9 Å². The van der Waals surface area contributed by atoms with Crippen molar-refractivity contribution in [3.63, 3.8) is 0 Å². The average Bonchev–Trinajstić information content (AvgIpc) is 3.11. The highest BCUT2D eigenvalue weighted by atomic mass is 19.1. The number of carbonyl (C=O) groups excluding carboxylic acids is 2. The normalized spacial score (nSPS) is 19.2. The van der Waals surface area contributed by atoms with Crippen molar-refractivity contribution in [2.75, 3.05) is 10.6 Å². The van der Waals surface area contributed by atoms with Gasteiger partial charge in [0.15, 0.2) is 5.78 Å². The first-order chi connectivity index (χ1) is 14.0. The molecule has 2 aromatic rings. The van der Waals surface area contributed by atoms with Crippen molar-refractivity contribution < 1.29 is 18.4 Å². The topological polar surface area (TPSA) is 95.0 Å². The SMILES string of the molecule is O=C(Nc1cccc(F)c1)Nc1cc(F)cc(C(=O)C2=CNC3N=CN=CC23)c1. The van der Waals surface area contributed by atoms with E-state index in [4.69, 9.17) is 0 Å². The number of fused-ring (bicyclic) bond motifs is 1.